The number of carbonyl (C=O) groups excluding carboxylic acids is 3. The first-order valence-electron chi connectivity index (χ1n) is 7.20. The second kappa shape index (κ2) is 9.45. The van der Waals surface area contributed by atoms with E-state index in [1.807, 2.05) is 36.5 Å². The summed E-state index contributed by atoms with van der Waals surface area (Å²) in [6.07, 6.45) is -1.40. The first kappa shape index (κ1) is 18.5. The highest BCUT2D eigenvalue weighted by molar-refractivity contribution is 5.94. The van der Waals surface area contributed by atoms with E-state index in [1.165, 1.54) is 6.92 Å². The predicted octanol–water partition coefficient (Wildman–Crippen LogP) is 1.97. The van der Waals surface area contributed by atoms with E-state index < -0.39 is 24.1 Å². The second-order valence-corrected chi connectivity index (χ2v) is 4.88. The van der Waals surface area contributed by atoms with Crippen molar-refractivity contribution in [1.29, 1.82) is 0 Å². The van der Waals surface area contributed by atoms with Crippen molar-refractivity contribution in [1.82, 2.24) is 5.32 Å². The van der Waals surface area contributed by atoms with Crippen LogP contribution in [0.25, 0.3) is 0 Å². The van der Waals surface area contributed by atoms with Crippen LogP contribution in [-0.4, -0.2) is 37.8 Å². The zero-order chi connectivity index (χ0) is 17.2. The number of hydrogen-bond donors (Lipinski definition) is 1. The maximum Gasteiger partial charge on any atom is 0.413 e. The molecule has 0 aliphatic rings. The Morgan fingerprint density at radius 2 is 2.00 bits per heavy atom. The van der Waals surface area contributed by atoms with Gasteiger partial charge in [-0.25, -0.2) is 4.79 Å². The number of alkyl carbamates (subject to hydrolysis) is 1. The number of esters is 1. The van der Waals surface area contributed by atoms with Gasteiger partial charge < -0.3 is 14.2 Å². The number of nitrogens with one attached hydrogen (secondary N) is 1. The molecule has 1 N–H and O–H groups in total. The van der Waals surface area contributed by atoms with Gasteiger partial charge in [0.1, 0.15) is 5.75 Å². The Bertz CT molecular complexity index is 557. The minimum atomic E-state index is -1.07. The molecule has 0 unspecified atom stereocenters. The third-order valence-electron chi connectivity index (χ3n) is 2.87. The normalized spacial score (nSPS) is 11.3. The van der Waals surface area contributed by atoms with Crippen LogP contribution in [0.1, 0.15) is 25.3 Å². The Hall–Kier alpha value is -2.57. The first-order chi connectivity index (χ1) is 10.9. The Kier molecular flexibility index (Phi) is 7.59. The van der Waals surface area contributed by atoms with Gasteiger partial charge in [0.25, 0.3) is 5.91 Å². The summed E-state index contributed by atoms with van der Waals surface area (Å²) in [6.45, 7) is 3.70. The van der Waals surface area contributed by atoms with Gasteiger partial charge in [-0.05, 0) is 38.0 Å². The van der Waals surface area contributed by atoms with Crippen molar-refractivity contribution in [3.05, 3.63) is 29.8 Å². The van der Waals surface area contributed by atoms with Gasteiger partial charge in [0.2, 0.25) is 0 Å². The highest BCUT2D eigenvalue weighted by atomic mass is 16.6. The highest BCUT2D eigenvalue weighted by Gasteiger charge is 2.19. The molecule has 0 aromatic heterocycles. The van der Waals surface area contributed by atoms with Crippen molar-refractivity contribution in [2.24, 2.45) is 0 Å². The number of methoxy groups -OCH3 is 1. The van der Waals surface area contributed by atoms with Gasteiger partial charge in [-0.15, -0.1) is 0 Å². The van der Waals surface area contributed by atoms with Crippen molar-refractivity contribution in [2.75, 3.05) is 13.7 Å². The number of ether oxygens (including phenoxy) is 3. The molecule has 7 nitrogen and oxygen atoms in total. The first-order valence-corrected chi connectivity index (χ1v) is 7.20. The summed E-state index contributed by atoms with van der Waals surface area (Å²) in [5.74, 6) is -0.532. The van der Waals surface area contributed by atoms with Crippen LogP contribution in [0.3, 0.4) is 0 Å². The van der Waals surface area contributed by atoms with Crippen LogP contribution < -0.4 is 10.1 Å². The molecule has 1 aromatic rings. The summed E-state index contributed by atoms with van der Waals surface area (Å²) in [4.78, 5) is 34.0. The molecular formula is C16H21NO6. The molecule has 0 bridgehead atoms. The van der Waals surface area contributed by atoms with Crippen LogP contribution in [0.5, 0.6) is 5.75 Å². The number of rotatable bonds is 7. The van der Waals surface area contributed by atoms with Crippen molar-refractivity contribution in [3.63, 3.8) is 0 Å². The molecule has 7 heteroatoms. The monoisotopic (exact) mass is 323 g/mol. The smallest absolute Gasteiger partial charge is 0.413 e. The third-order valence-corrected chi connectivity index (χ3v) is 2.87. The Labute approximate surface area is 134 Å². The molecule has 23 heavy (non-hydrogen) atoms. The van der Waals surface area contributed by atoms with Gasteiger partial charge in [0, 0.05) is 6.42 Å². The molecule has 0 spiro atoms. The topological polar surface area (TPSA) is 90.9 Å². The summed E-state index contributed by atoms with van der Waals surface area (Å²) < 4.78 is 14.7. The van der Waals surface area contributed by atoms with E-state index in [4.69, 9.17) is 9.47 Å². The van der Waals surface area contributed by atoms with Gasteiger partial charge >= 0.3 is 12.1 Å². The molecule has 0 radical (unpaired) electrons. The van der Waals surface area contributed by atoms with Gasteiger partial charge in [-0.3, -0.25) is 14.9 Å². The number of imide groups is 1. The minimum absolute atomic E-state index is 0.113. The lowest BCUT2D eigenvalue weighted by molar-refractivity contribution is -0.154. The molecular weight excluding hydrogens is 302 g/mol. The molecule has 0 saturated heterocycles. The number of amides is 2. The summed E-state index contributed by atoms with van der Waals surface area (Å²) in [5.41, 5.74) is 1.09. The lowest BCUT2D eigenvalue weighted by Gasteiger charge is -2.12. The summed E-state index contributed by atoms with van der Waals surface area (Å²) in [7, 11) is 1.13. The highest BCUT2D eigenvalue weighted by Crippen LogP contribution is 2.12. The van der Waals surface area contributed by atoms with Crippen LogP contribution in [-0.2, 0) is 19.1 Å². The van der Waals surface area contributed by atoms with Crippen LogP contribution in [0.4, 0.5) is 4.79 Å². The minimum Gasteiger partial charge on any atom is -0.494 e. The molecule has 2 amide bonds. The van der Waals surface area contributed by atoms with E-state index >= 15 is 0 Å². The van der Waals surface area contributed by atoms with Crippen LogP contribution in [0, 0.1) is 6.92 Å². The molecule has 0 aliphatic carbocycles. The van der Waals surface area contributed by atoms with Gasteiger partial charge in [-0.2, -0.15) is 0 Å². The zero-order valence-corrected chi connectivity index (χ0v) is 13.5. The van der Waals surface area contributed by atoms with E-state index in [0.717, 1.165) is 18.4 Å². The standard InChI is InChI=1S/C16H21NO6/c1-11-6-4-7-13(10-11)22-9-5-8-14(18)23-12(2)15(19)17-16(20)21-3/h4,6-7,10,12H,5,8-9H2,1-3H3,(H,17,19,20)/t12-/m1/s1. The average molecular weight is 323 g/mol. The summed E-state index contributed by atoms with van der Waals surface area (Å²) in [6, 6.07) is 7.59. The molecule has 126 valence electrons. The number of benzene rings is 1. The van der Waals surface area contributed by atoms with Crippen molar-refractivity contribution < 1.29 is 28.6 Å². The fourth-order valence-electron chi connectivity index (χ4n) is 1.67. The summed E-state index contributed by atoms with van der Waals surface area (Å²) in [5, 5.41) is 1.93. The third kappa shape index (κ3) is 7.30. The molecule has 1 rings (SSSR count). The average Bonchev–Trinajstić information content (AvgIpc) is 2.51. The molecule has 0 aliphatic heterocycles. The predicted molar refractivity (Wildman–Crippen MR) is 82.0 cm³/mol. The van der Waals surface area contributed by atoms with Gasteiger partial charge in [0.05, 0.1) is 13.7 Å². The lowest BCUT2D eigenvalue weighted by atomic mass is 10.2. The van der Waals surface area contributed by atoms with Crippen molar-refractivity contribution >= 4 is 18.0 Å². The largest absolute Gasteiger partial charge is 0.494 e. The molecule has 0 saturated carbocycles. The molecule has 1 aromatic carbocycles. The Morgan fingerprint density at radius 1 is 1.26 bits per heavy atom. The quantitative estimate of drug-likeness (QED) is 0.609. The number of carbonyl (C=O) groups is 3. The maximum atomic E-state index is 11.6. The SMILES string of the molecule is COC(=O)NC(=O)[C@@H](C)OC(=O)CCCOc1cccc(C)c1. The number of aryl methyl sites for hydroxylation is 1. The van der Waals surface area contributed by atoms with Crippen LogP contribution in [0.2, 0.25) is 0 Å². The van der Waals surface area contributed by atoms with Crippen LogP contribution in [0.15, 0.2) is 24.3 Å². The van der Waals surface area contributed by atoms with E-state index in [-0.39, 0.29) is 6.42 Å². The lowest BCUT2D eigenvalue weighted by Crippen LogP contribution is -2.39. The van der Waals surface area contributed by atoms with Crippen molar-refractivity contribution in [2.45, 2.75) is 32.8 Å². The van der Waals surface area contributed by atoms with E-state index in [1.54, 1.807) is 0 Å². The van der Waals surface area contributed by atoms with E-state index in [0.29, 0.717) is 13.0 Å². The van der Waals surface area contributed by atoms with Crippen molar-refractivity contribution in [3.8, 4) is 5.75 Å². The van der Waals surface area contributed by atoms with Gasteiger partial charge in [-0.1, -0.05) is 12.1 Å². The van der Waals surface area contributed by atoms with Gasteiger partial charge in [0.15, 0.2) is 6.10 Å². The van der Waals surface area contributed by atoms with E-state index in [9.17, 15) is 14.4 Å². The van der Waals surface area contributed by atoms with Crippen LogP contribution >= 0.6 is 0 Å². The second-order valence-electron chi connectivity index (χ2n) is 4.88. The maximum absolute atomic E-state index is 11.6. The Morgan fingerprint density at radius 3 is 2.65 bits per heavy atom. The molecule has 0 heterocycles. The zero-order valence-electron chi connectivity index (χ0n) is 13.5. The van der Waals surface area contributed by atoms with E-state index in [2.05, 4.69) is 4.74 Å². The fraction of sp³-hybridized carbons (Fsp3) is 0.438. The Balaban J connectivity index is 2.23. The molecule has 1 atom stereocenters. The number of hydrogen-bond acceptors (Lipinski definition) is 6. The molecule has 0 fully saturated rings. The summed E-state index contributed by atoms with van der Waals surface area (Å²) >= 11 is 0. The fourth-order valence-corrected chi connectivity index (χ4v) is 1.67.